The number of methoxy groups -OCH3 is 1. The van der Waals surface area contributed by atoms with Crippen LogP contribution < -0.4 is 15.1 Å². The first kappa shape index (κ1) is 25.8. The maximum atomic E-state index is 11.6. The summed E-state index contributed by atoms with van der Waals surface area (Å²) in [6, 6.07) is 5.67. The van der Waals surface area contributed by atoms with Gasteiger partial charge in [0.2, 0.25) is 6.29 Å². The van der Waals surface area contributed by atoms with Crippen LogP contribution in [0.15, 0.2) is 33.5 Å². The Bertz CT molecular complexity index is 1070. The average Bonchev–Trinajstić information content (AvgIpc) is 2.84. The Morgan fingerprint density at radius 3 is 2.23 bits per heavy atom. The Kier molecular flexibility index (Phi) is 7.61. The summed E-state index contributed by atoms with van der Waals surface area (Å²) >= 11 is 0. The molecule has 0 bridgehead atoms. The van der Waals surface area contributed by atoms with Gasteiger partial charge >= 0.3 is 5.63 Å². The lowest BCUT2D eigenvalue weighted by atomic mass is 9.98. The summed E-state index contributed by atoms with van der Waals surface area (Å²) < 4.78 is 32.5. The van der Waals surface area contributed by atoms with Gasteiger partial charge in [-0.25, -0.2) is 4.79 Å². The van der Waals surface area contributed by atoms with Crippen LogP contribution in [0, 0.1) is 0 Å². The van der Waals surface area contributed by atoms with Crippen molar-refractivity contribution in [3.8, 4) is 11.5 Å². The molecule has 10 atom stereocenters. The SMILES string of the molecule is COc1cc2ccc(=O)oc2cc1O[C@H]1O[C@@H](CO[C@H]2O[C@H](C)[C@H](O)[C@@H](O)[C@H]2O)[C@@H](O)[C@H](O)[C@H]1O. The van der Waals surface area contributed by atoms with E-state index >= 15 is 0 Å². The second-order valence-electron chi connectivity index (χ2n) is 8.44. The summed E-state index contributed by atoms with van der Waals surface area (Å²) in [5.74, 6) is 0.245. The zero-order chi connectivity index (χ0) is 25.4. The van der Waals surface area contributed by atoms with Gasteiger partial charge in [0, 0.05) is 17.5 Å². The number of hydrogen-bond acceptors (Lipinski definition) is 13. The summed E-state index contributed by atoms with van der Waals surface area (Å²) in [7, 11) is 1.38. The molecule has 0 unspecified atom stereocenters. The van der Waals surface area contributed by atoms with Crippen molar-refractivity contribution < 1.29 is 58.7 Å². The lowest BCUT2D eigenvalue weighted by Crippen LogP contribution is -2.61. The molecule has 0 aliphatic carbocycles. The number of hydrogen-bond donors (Lipinski definition) is 6. The standard InChI is InChI=1S/C22H28O13/c1-8-15(24)17(26)19(28)21(32-8)31-7-13-16(25)18(27)20(29)22(35-13)34-12-6-10-9(5-11(12)30-2)3-4-14(23)33-10/h3-6,8,13,15-22,24-29H,7H2,1-2H3/t8-,13+,15+,16-,17-,18+,19-,20-,21+,22+/m1/s1. The topological polar surface area (TPSA) is 198 Å². The highest BCUT2D eigenvalue weighted by Crippen LogP contribution is 2.35. The molecule has 0 saturated carbocycles. The highest BCUT2D eigenvalue weighted by Gasteiger charge is 2.47. The first-order chi connectivity index (χ1) is 16.6. The number of aliphatic hydroxyl groups is 6. The van der Waals surface area contributed by atoms with Gasteiger partial charge in [-0.2, -0.15) is 0 Å². The van der Waals surface area contributed by atoms with E-state index in [-0.39, 0.29) is 17.1 Å². The Morgan fingerprint density at radius 1 is 0.829 bits per heavy atom. The number of ether oxygens (including phenoxy) is 5. The number of rotatable bonds is 6. The molecule has 1 aromatic carbocycles. The molecule has 1 aromatic heterocycles. The van der Waals surface area contributed by atoms with Crippen molar-refractivity contribution in [1.29, 1.82) is 0 Å². The molecular formula is C22H28O13. The minimum Gasteiger partial charge on any atom is -0.493 e. The van der Waals surface area contributed by atoms with Gasteiger partial charge in [-0.3, -0.25) is 0 Å². The Labute approximate surface area is 198 Å². The third-order valence-corrected chi connectivity index (χ3v) is 6.05. The van der Waals surface area contributed by atoms with Crippen LogP contribution in [0.1, 0.15) is 6.92 Å². The van der Waals surface area contributed by atoms with E-state index in [1.54, 1.807) is 0 Å². The quantitative estimate of drug-likeness (QED) is 0.235. The van der Waals surface area contributed by atoms with Crippen molar-refractivity contribution in [1.82, 2.24) is 0 Å². The van der Waals surface area contributed by atoms with E-state index in [4.69, 9.17) is 28.1 Å². The molecule has 13 nitrogen and oxygen atoms in total. The highest BCUT2D eigenvalue weighted by molar-refractivity contribution is 5.80. The van der Waals surface area contributed by atoms with Crippen LogP contribution in [0.3, 0.4) is 0 Å². The second kappa shape index (κ2) is 10.3. The molecule has 2 aromatic rings. The molecule has 2 aliphatic heterocycles. The molecule has 0 spiro atoms. The Hall–Kier alpha value is -2.33. The number of aliphatic hydroxyl groups excluding tert-OH is 6. The van der Waals surface area contributed by atoms with Crippen LogP contribution in [0.5, 0.6) is 11.5 Å². The fraction of sp³-hybridized carbons (Fsp3) is 0.591. The monoisotopic (exact) mass is 500 g/mol. The number of benzene rings is 1. The second-order valence-corrected chi connectivity index (χ2v) is 8.44. The first-order valence-corrected chi connectivity index (χ1v) is 10.9. The summed E-state index contributed by atoms with van der Waals surface area (Å²) in [5.41, 5.74) is -0.408. The predicted molar refractivity (Wildman–Crippen MR) is 115 cm³/mol. The third-order valence-electron chi connectivity index (χ3n) is 6.05. The van der Waals surface area contributed by atoms with Gasteiger partial charge in [0.15, 0.2) is 17.8 Å². The summed E-state index contributed by atoms with van der Waals surface area (Å²) in [6.07, 6.45) is -14.4. The molecule has 0 amide bonds. The summed E-state index contributed by atoms with van der Waals surface area (Å²) in [6.45, 7) is 1.04. The van der Waals surface area contributed by atoms with E-state index in [2.05, 4.69) is 0 Å². The molecule has 6 N–H and O–H groups in total. The van der Waals surface area contributed by atoms with Gasteiger partial charge in [0.25, 0.3) is 0 Å². The number of fused-ring (bicyclic) bond motifs is 1. The van der Waals surface area contributed by atoms with Crippen molar-refractivity contribution >= 4 is 11.0 Å². The van der Waals surface area contributed by atoms with E-state index in [0.717, 1.165) is 0 Å². The molecule has 194 valence electrons. The molecule has 13 heteroatoms. The Morgan fingerprint density at radius 2 is 1.51 bits per heavy atom. The van der Waals surface area contributed by atoms with Crippen LogP contribution in [0.2, 0.25) is 0 Å². The van der Waals surface area contributed by atoms with Gasteiger partial charge in [0.1, 0.15) is 48.3 Å². The molecule has 2 aliphatic rings. The normalized spacial score (nSPS) is 37.8. The largest absolute Gasteiger partial charge is 0.493 e. The first-order valence-electron chi connectivity index (χ1n) is 10.9. The average molecular weight is 500 g/mol. The van der Waals surface area contributed by atoms with Gasteiger partial charge < -0.3 is 58.7 Å². The zero-order valence-electron chi connectivity index (χ0n) is 18.8. The van der Waals surface area contributed by atoms with Crippen molar-refractivity contribution in [2.45, 2.75) is 68.3 Å². The fourth-order valence-electron chi connectivity index (χ4n) is 3.94. The molecule has 35 heavy (non-hydrogen) atoms. The van der Waals surface area contributed by atoms with Crippen molar-refractivity contribution in [2.24, 2.45) is 0 Å². The summed E-state index contributed by atoms with van der Waals surface area (Å²) in [4.78, 5) is 11.6. The minimum atomic E-state index is -1.70. The van der Waals surface area contributed by atoms with E-state index in [9.17, 15) is 35.4 Å². The molecular weight excluding hydrogens is 472 g/mol. The molecule has 4 rings (SSSR count). The predicted octanol–water partition coefficient (Wildman–Crippen LogP) is -2.17. The van der Waals surface area contributed by atoms with E-state index in [0.29, 0.717) is 5.39 Å². The zero-order valence-corrected chi connectivity index (χ0v) is 18.8. The van der Waals surface area contributed by atoms with Crippen LogP contribution in [-0.2, 0) is 14.2 Å². The van der Waals surface area contributed by atoms with Gasteiger partial charge in [-0.05, 0) is 19.1 Å². The summed E-state index contributed by atoms with van der Waals surface area (Å²) in [5, 5.41) is 61.5. The molecule has 2 saturated heterocycles. The lowest BCUT2D eigenvalue weighted by Gasteiger charge is -2.42. The highest BCUT2D eigenvalue weighted by atomic mass is 16.7. The van der Waals surface area contributed by atoms with E-state index < -0.39 is 73.6 Å². The molecule has 0 radical (unpaired) electrons. The maximum absolute atomic E-state index is 11.6. The van der Waals surface area contributed by atoms with Crippen LogP contribution in [0.25, 0.3) is 11.0 Å². The maximum Gasteiger partial charge on any atom is 0.336 e. The fourth-order valence-corrected chi connectivity index (χ4v) is 3.94. The van der Waals surface area contributed by atoms with Crippen LogP contribution >= 0.6 is 0 Å². The van der Waals surface area contributed by atoms with Crippen molar-refractivity contribution in [2.75, 3.05) is 13.7 Å². The van der Waals surface area contributed by atoms with Crippen LogP contribution in [-0.4, -0.2) is 106 Å². The third kappa shape index (κ3) is 5.14. The van der Waals surface area contributed by atoms with Gasteiger partial charge in [-0.1, -0.05) is 0 Å². The van der Waals surface area contributed by atoms with Crippen molar-refractivity contribution in [3.05, 3.63) is 34.7 Å². The van der Waals surface area contributed by atoms with E-state index in [1.165, 1.54) is 38.3 Å². The van der Waals surface area contributed by atoms with E-state index in [1.807, 2.05) is 0 Å². The molecule has 3 heterocycles. The van der Waals surface area contributed by atoms with Crippen LogP contribution in [0.4, 0.5) is 0 Å². The minimum absolute atomic E-state index is 0.0265. The Balaban J connectivity index is 1.50. The van der Waals surface area contributed by atoms with Gasteiger partial charge in [0.05, 0.1) is 19.8 Å². The van der Waals surface area contributed by atoms with Gasteiger partial charge in [-0.15, -0.1) is 0 Å². The smallest absolute Gasteiger partial charge is 0.336 e. The molecule has 2 fully saturated rings. The lowest BCUT2D eigenvalue weighted by molar-refractivity contribution is -0.318. The van der Waals surface area contributed by atoms with Crippen molar-refractivity contribution in [3.63, 3.8) is 0 Å².